The molecule has 0 aliphatic heterocycles. The van der Waals surface area contributed by atoms with Crippen LogP contribution in [0.4, 0.5) is 0 Å². The molecular weight excluding hydrogens is 250 g/mol. The molecule has 5 heteroatoms. The second kappa shape index (κ2) is 7.18. The summed E-state index contributed by atoms with van der Waals surface area (Å²) in [5, 5.41) is 7.74. The predicted molar refractivity (Wildman–Crippen MR) is 81.4 cm³/mol. The molecule has 1 N–H and O–H groups in total. The van der Waals surface area contributed by atoms with Gasteiger partial charge in [-0.25, -0.2) is 9.67 Å². The minimum absolute atomic E-state index is 0.604. The van der Waals surface area contributed by atoms with Gasteiger partial charge >= 0.3 is 0 Å². The topological polar surface area (TPSA) is 46.0 Å². The third-order valence-electron chi connectivity index (χ3n) is 4.35. The van der Waals surface area contributed by atoms with Gasteiger partial charge in [-0.2, -0.15) is 5.10 Å². The largest absolute Gasteiger partial charge is 0.317 e. The van der Waals surface area contributed by atoms with Crippen molar-refractivity contribution in [2.24, 2.45) is 5.92 Å². The van der Waals surface area contributed by atoms with Gasteiger partial charge in [0.05, 0.1) is 6.54 Å². The highest BCUT2D eigenvalue weighted by Gasteiger charge is 2.24. The first-order valence-corrected chi connectivity index (χ1v) is 7.84. The molecule has 0 saturated heterocycles. The molecule has 0 bridgehead atoms. The highest BCUT2D eigenvalue weighted by molar-refractivity contribution is 4.88. The van der Waals surface area contributed by atoms with Crippen LogP contribution in [0.15, 0.2) is 6.33 Å². The van der Waals surface area contributed by atoms with Gasteiger partial charge in [-0.1, -0.05) is 13.8 Å². The van der Waals surface area contributed by atoms with Crippen molar-refractivity contribution in [1.29, 1.82) is 0 Å². The molecule has 1 aromatic rings. The fourth-order valence-corrected chi connectivity index (χ4v) is 3.07. The first-order chi connectivity index (χ1) is 9.60. The van der Waals surface area contributed by atoms with E-state index in [9.17, 15) is 0 Å². The number of nitrogens with one attached hydrogen (secondary N) is 1. The first kappa shape index (κ1) is 15.4. The van der Waals surface area contributed by atoms with Crippen LogP contribution in [0.3, 0.4) is 0 Å². The third kappa shape index (κ3) is 4.03. The monoisotopic (exact) mass is 279 g/mol. The van der Waals surface area contributed by atoms with Gasteiger partial charge in [0.1, 0.15) is 12.2 Å². The van der Waals surface area contributed by atoms with Crippen molar-refractivity contribution in [3.63, 3.8) is 0 Å². The maximum Gasteiger partial charge on any atom is 0.141 e. The van der Waals surface area contributed by atoms with Crippen molar-refractivity contribution in [1.82, 2.24) is 25.0 Å². The SMILES string of the molecule is CNC1CCC(N(C)Cc2ncnn2CC(C)C)CC1. The van der Waals surface area contributed by atoms with Gasteiger partial charge in [0.2, 0.25) is 0 Å². The summed E-state index contributed by atoms with van der Waals surface area (Å²) in [5.41, 5.74) is 0. The summed E-state index contributed by atoms with van der Waals surface area (Å²) in [6.45, 7) is 6.29. The molecule has 20 heavy (non-hydrogen) atoms. The molecule has 0 spiro atoms. The van der Waals surface area contributed by atoms with Crippen LogP contribution in [0.1, 0.15) is 45.4 Å². The summed E-state index contributed by atoms with van der Waals surface area (Å²) in [6, 6.07) is 1.40. The Hall–Kier alpha value is -0.940. The molecule has 1 aliphatic carbocycles. The Morgan fingerprint density at radius 1 is 1.35 bits per heavy atom. The van der Waals surface area contributed by atoms with Crippen molar-refractivity contribution in [3.05, 3.63) is 12.2 Å². The fourth-order valence-electron chi connectivity index (χ4n) is 3.07. The molecule has 1 saturated carbocycles. The maximum atomic E-state index is 4.43. The molecule has 114 valence electrons. The molecule has 5 nitrogen and oxygen atoms in total. The van der Waals surface area contributed by atoms with E-state index in [1.807, 2.05) is 0 Å². The van der Waals surface area contributed by atoms with Crippen molar-refractivity contribution in [2.45, 2.75) is 64.7 Å². The Morgan fingerprint density at radius 2 is 2.05 bits per heavy atom. The van der Waals surface area contributed by atoms with Gasteiger partial charge < -0.3 is 5.32 Å². The lowest BCUT2D eigenvalue weighted by atomic mass is 9.90. The predicted octanol–water partition coefficient (Wildman–Crippen LogP) is 1.90. The van der Waals surface area contributed by atoms with Crippen LogP contribution in [0.5, 0.6) is 0 Å². The van der Waals surface area contributed by atoms with Crippen LogP contribution < -0.4 is 5.32 Å². The molecule has 0 aromatic carbocycles. The van der Waals surface area contributed by atoms with E-state index in [2.05, 4.69) is 52.9 Å². The molecule has 1 fully saturated rings. The van der Waals surface area contributed by atoms with Crippen molar-refractivity contribution >= 4 is 0 Å². The fraction of sp³-hybridized carbons (Fsp3) is 0.867. The first-order valence-electron chi connectivity index (χ1n) is 7.84. The molecule has 0 atom stereocenters. The zero-order chi connectivity index (χ0) is 14.5. The Morgan fingerprint density at radius 3 is 2.65 bits per heavy atom. The number of nitrogens with zero attached hydrogens (tertiary/aromatic N) is 4. The van der Waals surface area contributed by atoms with E-state index in [1.165, 1.54) is 25.7 Å². The molecule has 1 aliphatic rings. The standard InChI is InChI=1S/C15H29N5/c1-12(2)9-20-15(17-11-18-20)10-19(4)14-7-5-13(16-3)6-8-14/h11-14,16H,5-10H2,1-4H3. The van der Waals surface area contributed by atoms with Gasteiger partial charge in [0.15, 0.2) is 0 Å². The smallest absolute Gasteiger partial charge is 0.141 e. The number of hydrogen-bond donors (Lipinski definition) is 1. The number of rotatable bonds is 6. The molecule has 0 unspecified atom stereocenters. The third-order valence-corrected chi connectivity index (χ3v) is 4.35. The van der Waals surface area contributed by atoms with Gasteiger partial charge in [0.25, 0.3) is 0 Å². The quantitative estimate of drug-likeness (QED) is 0.864. The van der Waals surface area contributed by atoms with E-state index in [4.69, 9.17) is 0 Å². The highest BCUT2D eigenvalue weighted by Crippen LogP contribution is 2.23. The lowest BCUT2D eigenvalue weighted by molar-refractivity contribution is 0.164. The Balaban J connectivity index is 1.88. The molecule has 1 aromatic heterocycles. The lowest BCUT2D eigenvalue weighted by Crippen LogP contribution is -2.39. The second-order valence-corrected chi connectivity index (χ2v) is 6.46. The molecule has 0 amide bonds. The molecule has 1 heterocycles. The Bertz CT molecular complexity index is 393. The molecule has 2 rings (SSSR count). The van der Waals surface area contributed by atoms with Crippen LogP contribution in [0.25, 0.3) is 0 Å². The van der Waals surface area contributed by atoms with Crippen molar-refractivity contribution < 1.29 is 0 Å². The summed E-state index contributed by atoms with van der Waals surface area (Å²) in [6.07, 6.45) is 6.80. The van der Waals surface area contributed by atoms with Crippen LogP contribution in [0, 0.1) is 5.92 Å². The van der Waals surface area contributed by atoms with Crippen molar-refractivity contribution in [3.8, 4) is 0 Å². The summed E-state index contributed by atoms with van der Waals surface area (Å²) < 4.78 is 2.06. The Kier molecular flexibility index (Phi) is 5.54. The Labute approximate surface area is 122 Å². The summed E-state index contributed by atoms with van der Waals surface area (Å²) in [4.78, 5) is 6.88. The van der Waals surface area contributed by atoms with Crippen LogP contribution >= 0.6 is 0 Å². The summed E-state index contributed by atoms with van der Waals surface area (Å²) >= 11 is 0. The molecular formula is C15H29N5. The van der Waals surface area contributed by atoms with E-state index in [0.717, 1.165) is 18.9 Å². The van der Waals surface area contributed by atoms with E-state index < -0.39 is 0 Å². The average molecular weight is 279 g/mol. The van der Waals surface area contributed by atoms with Gasteiger partial charge in [-0.15, -0.1) is 0 Å². The summed E-state index contributed by atoms with van der Waals surface area (Å²) in [5.74, 6) is 1.70. The van der Waals surface area contributed by atoms with E-state index >= 15 is 0 Å². The maximum absolute atomic E-state index is 4.43. The lowest BCUT2D eigenvalue weighted by Gasteiger charge is -2.34. The number of hydrogen-bond acceptors (Lipinski definition) is 4. The number of aromatic nitrogens is 3. The minimum Gasteiger partial charge on any atom is -0.317 e. The van der Waals surface area contributed by atoms with Gasteiger partial charge in [-0.3, -0.25) is 4.90 Å². The zero-order valence-electron chi connectivity index (χ0n) is 13.3. The van der Waals surface area contributed by atoms with E-state index in [0.29, 0.717) is 18.0 Å². The zero-order valence-corrected chi connectivity index (χ0v) is 13.3. The average Bonchev–Trinajstić information content (AvgIpc) is 2.85. The summed E-state index contributed by atoms with van der Waals surface area (Å²) in [7, 11) is 4.29. The normalized spacial score (nSPS) is 23.7. The van der Waals surface area contributed by atoms with Crippen molar-refractivity contribution in [2.75, 3.05) is 14.1 Å². The van der Waals surface area contributed by atoms with Crippen LogP contribution in [-0.4, -0.2) is 45.8 Å². The highest BCUT2D eigenvalue weighted by atomic mass is 15.3. The van der Waals surface area contributed by atoms with Gasteiger partial charge in [0, 0.05) is 18.6 Å². The minimum atomic E-state index is 0.604. The van der Waals surface area contributed by atoms with E-state index in [1.54, 1.807) is 6.33 Å². The van der Waals surface area contributed by atoms with Crippen LogP contribution in [0.2, 0.25) is 0 Å². The van der Waals surface area contributed by atoms with Crippen LogP contribution in [-0.2, 0) is 13.1 Å². The molecule has 0 radical (unpaired) electrons. The van der Waals surface area contributed by atoms with Gasteiger partial charge in [-0.05, 0) is 45.7 Å². The second-order valence-electron chi connectivity index (χ2n) is 6.46. The van der Waals surface area contributed by atoms with E-state index in [-0.39, 0.29) is 0 Å².